The molecule has 2 aromatic rings. The van der Waals surface area contributed by atoms with Gasteiger partial charge in [-0.15, -0.1) is 0 Å². The highest BCUT2D eigenvalue weighted by atomic mass is 32.2. The third-order valence-corrected chi connectivity index (χ3v) is 5.85. The van der Waals surface area contributed by atoms with Gasteiger partial charge in [-0.1, -0.05) is 42.5 Å². The molecule has 5 nitrogen and oxygen atoms in total. The third-order valence-electron chi connectivity index (χ3n) is 4.80. The molecule has 0 atom stereocenters. The number of ether oxygens (including phenoxy) is 1. The average Bonchev–Trinajstić information content (AvgIpc) is 2.67. The van der Waals surface area contributed by atoms with Gasteiger partial charge in [0.2, 0.25) is 0 Å². The fourth-order valence-corrected chi connectivity index (χ4v) is 4.13. The molecule has 0 spiro atoms. The Morgan fingerprint density at radius 2 is 1.73 bits per heavy atom. The summed E-state index contributed by atoms with van der Waals surface area (Å²) >= 11 is 0. The van der Waals surface area contributed by atoms with Crippen LogP contribution in [0.25, 0.3) is 0 Å². The normalized spacial score (nSPS) is 17.1. The van der Waals surface area contributed by atoms with Crippen LogP contribution < -0.4 is 9.44 Å². The molecule has 1 fully saturated rings. The van der Waals surface area contributed by atoms with E-state index >= 15 is 0 Å². The number of halogens is 1. The van der Waals surface area contributed by atoms with E-state index in [1.165, 1.54) is 12.1 Å². The molecule has 1 saturated heterocycles. The van der Waals surface area contributed by atoms with E-state index < -0.39 is 15.6 Å². The van der Waals surface area contributed by atoms with Gasteiger partial charge in [-0.25, -0.2) is 9.11 Å². The van der Waals surface area contributed by atoms with Crippen LogP contribution in [0.4, 0.5) is 4.39 Å². The summed E-state index contributed by atoms with van der Waals surface area (Å²) in [6.45, 7) is 1.46. The van der Waals surface area contributed by atoms with Gasteiger partial charge in [0.15, 0.2) is 0 Å². The SMILES string of the molecule is O=S(=O)(NCc1ccccc1)NCC1(c2cccc(F)c2)CCOCC1. The Morgan fingerprint density at radius 1 is 1.00 bits per heavy atom. The van der Waals surface area contributed by atoms with Crippen molar-refractivity contribution in [2.45, 2.75) is 24.8 Å². The van der Waals surface area contributed by atoms with Crippen LogP contribution in [0.15, 0.2) is 54.6 Å². The van der Waals surface area contributed by atoms with Crippen LogP contribution in [0.5, 0.6) is 0 Å². The zero-order chi connectivity index (χ0) is 18.5. The van der Waals surface area contributed by atoms with Crippen molar-refractivity contribution in [1.82, 2.24) is 9.44 Å². The molecule has 3 rings (SSSR count). The van der Waals surface area contributed by atoms with Crippen molar-refractivity contribution in [3.63, 3.8) is 0 Å². The van der Waals surface area contributed by atoms with E-state index in [4.69, 9.17) is 4.74 Å². The Balaban J connectivity index is 1.69. The molecular formula is C19H23FN2O3S. The molecule has 1 heterocycles. The highest BCUT2D eigenvalue weighted by Gasteiger charge is 2.35. The number of rotatable bonds is 7. The second-order valence-electron chi connectivity index (χ2n) is 6.53. The monoisotopic (exact) mass is 378 g/mol. The van der Waals surface area contributed by atoms with Crippen molar-refractivity contribution in [1.29, 1.82) is 0 Å². The van der Waals surface area contributed by atoms with Crippen LogP contribution in [0.2, 0.25) is 0 Å². The first-order valence-corrected chi connectivity index (χ1v) is 10.1. The lowest BCUT2D eigenvalue weighted by Gasteiger charge is -2.37. The van der Waals surface area contributed by atoms with Gasteiger partial charge >= 0.3 is 0 Å². The van der Waals surface area contributed by atoms with Crippen molar-refractivity contribution in [2.24, 2.45) is 0 Å². The molecule has 7 heteroatoms. The average molecular weight is 378 g/mol. The lowest BCUT2D eigenvalue weighted by Crippen LogP contribution is -2.47. The predicted octanol–water partition coefficient (Wildman–Crippen LogP) is 2.50. The van der Waals surface area contributed by atoms with E-state index in [9.17, 15) is 12.8 Å². The molecule has 0 radical (unpaired) electrons. The maximum absolute atomic E-state index is 13.7. The second kappa shape index (κ2) is 8.26. The first-order valence-electron chi connectivity index (χ1n) is 8.61. The van der Waals surface area contributed by atoms with Gasteiger partial charge in [0.25, 0.3) is 10.2 Å². The van der Waals surface area contributed by atoms with E-state index in [1.807, 2.05) is 36.4 Å². The maximum atomic E-state index is 13.7. The molecule has 0 aromatic heterocycles. The predicted molar refractivity (Wildman–Crippen MR) is 98.3 cm³/mol. The lowest BCUT2D eigenvalue weighted by molar-refractivity contribution is 0.0516. The van der Waals surface area contributed by atoms with Crippen molar-refractivity contribution < 1.29 is 17.5 Å². The smallest absolute Gasteiger partial charge is 0.277 e. The fraction of sp³-hybridized carbons (Fsp3) is 0.368. The molecule has 0 unspecified atom stereocenters. The molecule has 2 N–H and O–H groups in total. The van der Waals surface area contributed by atoms with Crippen molar-refractivity contribution >= 4 is 10.2 Å². The summed E-state index contributed by atoms with van der Waals surface area (Å²) in [5, 5.41) is 0. The van der Waals surface area contributed by atoms with Crippen LogP contribution in [0.3, 0.4) is 0 Å². The van der Waals surface area contributed by atoms with Crippen molar-refractivity contribution in [3.8, 4) is 0 Å². The van der Waals surface area contributed by atoms with Crippen LogP contribution in [0, 0.1) is 5.82 Å². The molecular weight excluding hydrogens is 355 g/mol. The third kappa shape index (κ3) is 4.88. The number of hydrogen-bond acceptors (Lipinski definition) is 3. The zero-order valence-electron chi connectivity index (χ0n) is 14.4. The van der Waals surface area contributed by atoms with Crippen molar-refractivity contribution in [2.75, 3.05) is 19.8 Å². The maximum Gasteiger partial charge on any atom is 0.277 e. The zero-order valence-corrected chi connectivity index (χ0v) is 15.3. The first kappa shape index (κ1) is 19.0. The van der Waals surface area contributed by atoms with Crippen LogP contribution in [-0.4, -0.2) is 28.2 Å². The Hall–Kier alpha value is -1.80. The molecule has 140 valence electrons. The number of hydrogen-bond donors (Lipinski definition) is 2. The number of benzene rings is 2. The summed E-state index contributed by atoms with van der Waals surface area (Å²) in [6.07, 6.45) is 1.27. The molecule has 0 saturated carbocycles. The molecule has 0 bridgehead atoms. The van der Waals surface area contributed by atoms with E-state index in [0.717, 1.165) is 11.1 Å². The summed E-state index contributed by atoms with van der Waals surface area (Å²) in [5.74, 6) is -0.321. The standard InChI is InChI=1S/C19H23FN2O3S/c20-18-8-4-7-17(13-18)19(9-11-25-12-10-19)15-22-26(23,24)21-14-16-5-2-1-3-6-16/h1-8,13,21-22H,9-12,14-15H2. The summed E-state index contributed by atoms with van der Waals surface area (Å²) < 4.78 is 49.0. The molecule has 26 heavy (non-hydrogen) atoms. The van der Waals surface area contributed by atoms with Gasteiger partial charge in [-0.05, 0) is 36.1 Å². The largest absolute Gasteiger partial charge is 0.381 e. The highest BCUT2D eigenvalue weighted by molar-refractivity contribution is 7.87. The minimum absolute atomic E-state index is 0.198. The van der Waals surface area contributed by atoms with E-state index in [1.54, 1.807) is 6.07 Å². The summed E-state index contributed by atoms with van der Waals surface area (Å²) in [7, 11) is -3.67. The minimum atomic E-state index is -3.67. The van der Waals surface area contributed by atoms with Gasteiger partial charge in [-0.3, -0.25) is 0 Å². The van der Waals surface area contributed by atoms with Crippen LogP contribution in [-0.2, 0) is 26.9 Å². The molecule has 2 aromatic carbocycles. The highest BCUT2D eigenvalue weighted by Crippen LogP contribution is 2.34. The van der Waals surface area contributed by atoms with Crippen molar-refractivity contribution in [3.05, 3.63) is 71.5 Å². The van der Waals surface area contributed by atoms with Crippen LogP contribution in [0.1, 0.15) is 24.0 Å². The second-order valence-corrected chi connectivity index (χ2v) is 8.12. The van der Waals surface area contributed by atoms with E-state index in [2.05, 4.69) is 9.44 Å². The lowest BCUT2D eigenvalue weighted by atomic mass is 9.74. The quantitative estimate of drug-likeness (QED) is 0.778. The van der Waals surface area contributed by atoms with Gasteiger partial charge in [0.1, 0.15) is 5.82 Å². The molecule has 1 aliphatic heterocycles. The molecule has 1 aliphatic rings. The van der Waals surface area contributed by atoms with Gasteiger partial charge in [0.05, 0.1) is 0 Å². The van der Waals surface area contributed by atoms with Gasteiger partial charge in [0, 0.05) is 31.7 Å². The topological polar surface area (TPSA) is 67.4 Å². The Kier molecular flexibility index (Phi) is 6.03. The Bertz CT molecular complexity index is 822. The van der Waals surface area contributed by atoms with E-state index in [-0.39, 0.29) is 18.9 Å². The van der Waals surface area contributed by atoms with E-state index in [0.29, 0.717) is 26.1 Å². The molecule has 0 aliphatic carbocycles. The summed E-state index contributed by atoms with van der Waals surface area (Å²) in [6, 6.07) is 15.7. The van der Waals surface area contributed by atoms with Crippen LogP contribution >= 0.6 is 0 Å². The summed E-state index contributed by atoms with van der Waals surface area (Å²) in [4.78, 5) is 0. The first-order chi connectivity index (χ1) is 12.5. The minimum Gasteiger partial charge on any atom is -0.381 e. The number of nitrogens with one attached hydrogen (secondary N) is 2. The fourth-order valence-electron chi connectivity index (χ4n) is 3.21. The van der Waals surface area contributed by atoms with Gasteiger partial charge in [-0.2, -0.15) is 13.1 Å². The Labute approximate surface area is 153 Å². The molecule has 0 amide bonds. The Morgan fingerprint density at radius 3 is 2.42 bits per heavy atom. The summed E-state index contributed by atoms with van der Waals surface area (Å²) in [5.41, 5.74) is 1.21. The van der Waals surface area contributed by atoms with Gasteiger partial charge < -0.3 is 4.74 Å².